The molecule has 0 bridgehead atoms. The minimum atomic E-state index is -0.216. The Balaban J connectivity index is 0.000000810. The molecule has 0 radical (unpaired) electrons. The molecule has 0 fully saturated rings. The van der Waals surface area contributed by atoms with Crippen molar-refractivity contribution in [2.45, 2.75) is 6.54 Å². The highest BCUT2D eigenvalue weighted by molar-refractivity contribution is 14.0. The van der Waals surface area contributed by atoms with Gasteiger partial charge in [0, 0.05) is 6.54 Å². The van der Waals surface area contributed by atoms with E-state index in [-0.39, 0.29) is 29.8 Å². The predicted molar refractivity (Wildman–Crippen MR) is 49.7 cm³/mol. The van der Waals surface area contributed by atoms with Crippen molar-refractivity contribution < 1.29 is 4.39 Å². The Labute approximate surface area is 76.4 Å². The van der Waals surface area contributed by atoms with Gasteiger partial charge in [-0.25, -0.2) is 4.39 Å². The third-order valence-corrected chi connectivity index (χ3v) is 1.15. The summed E-state index contributed by atoms with van der Waals surface area (Å²) in [5, 5.41) is 0. The van der Waals surface area contributed by atoms with E-state index in [2.05, 4.69) is 0 Å². The molecule has 1 rings (SSSR count). The molecule has 2 N–H and O–H groups in total. The van der Waals surface area contributed by atoms with Gasteiger partial charge in [-0.15, -0.1) is 24.0 Å². The van der Waals surface area contributed by atoms with E-state index in [9.17, 15) is 4.39 Å². The molecule has 0 spiro atoms. The summed E-state index contributed by atoms with van der Waals surface area (Å²) in [5.74, 6) is -0.216. The van der Waals surface area contributed by atoms with Crippen LogP contribution in [0.5, 0.6) is 0 Å². The quantitative estimate of drug-likeness (QED) is 0.760. The smallest absolute Gasteiger partial charge is 0.123 e. The second kappa shape index (κ2) is 4.62. The van der Waals surface area contributed by atoms with Crippen LogP contribution in [0.1, 0.15) is 5.56 Å². The Morgan fingerprint density at radius 3 is 2.10 bits per heavy atom. The van der Waals surface area contributed by atoms with Crippen LogP contribution >= 0.6 is 24.0 Å². The zero-order chi connectivity index (χ0) is 6.69. The first-order valence-corrected chi connectivity index (χ1v) is 2.77. The van der Waals surface area contributed by atoms with Crippen LogP contribution in [-0.4, -0.2) is 0 Å². The average Bonchev–Trinajstić information content (AvgIpc) is 1.90. The van der Waals surface area contributed by atoms with Crippen LogP contribution in [0.15, 0.2) is 24.3 Å². The molecule has 0 saturated heterocycles. The number of hydrogen-bond donors (Lipinski definition) is 1. The Hall–Kier alpha value is -0.160. The monoisotopic (exact) mass is 253 g/mol. The molecule has 0 unspecified atom stereocenters. The van der Waals surface area contributed by atoms with Crippen LogP contribution in [-0.2, 0) is 6.54 Å². The molecule has 0 aromatic heterocycles. The van der Waals surface area contributed by atoms with Gasteiger partial charge in [0.25, 0.3) is 0 Å². The Morgan fingerprint density at radius 2 is 1.70 bits per heavy atom. The first kappa shape index (κ1) is 9.84. The van der Waals surface area contributed by atoms with Crippen molar-refractivity contribution in [1.82, 2.24) is 0 Å². The third-order valence-electron chi connectivity index (χ3n) is 1.15. The lowest BCUT2D eigenvalue weighted by Gasteiger charge is -1.92. The van der Waals surface area contributed by atoms with Crippen LogP contribution in [0.25, 0.3) is 0 Å². The summed E-state index contributed by atoms with van der Waals surface area (Å²) in [6.07, 6.45) is 0. The van der Waals surface area contributed by atoms with Gasteiger partial charge in [-0.1, -0.05) is 12.1 Å². The largest absolute Gasteiger partial charge is 0.326 e. The van der Waals surface area contributed by atoms with Crippen molar-refractivity contribution >= 4 is 24.0 Å². The molecule has 1 nitrogen and oxygen atoms in total. The van der Waals surface area contributed by atoms with Crippen LogP contribution < -0.4 is 5.73 Å². The molecule has 56 valence electrons. The molecule has 1 aromatic rings. The van der Waals surface area contributed by atoms with Gasteiger partial charge in [0.1, 0.15) is 5.82 Å². The molecule has 0 amide bonds. The molecule has 0 aliphatic carbocycles. The Kier molecular flexibility index (Phi) is 4.55. The molecule has 3 heteroatoms. The van der Waals surface area contributed by atoms with Gasteiger partial charge in [-0.3, -0.25) is 0 Å². The molecule has 1 aromatic carbocycles. The lowest BCUT2D eigenvalue weighted by atomic mass is 10.2. The minimum Gasteiger partial charge on any atom is -0.326 e. The zero-order valence-electron chi connectivity index (χ0n) is 5.38. The van der Waals surface area contributed by atoms with E-state index in [4.69, 9.17) is 5.73 Å². The number of rotatable bonds is 1. The molecular formula is C7H9FIN. The van der Waals surface area contributed by atoms with E-state index in [0.717, 1.165) is 5.56 Å². The van der Waals surface area contributed by atoms with Crippen LogP contribution in [0, 0.1) is 5.82 Å². The number of hydrogen-bond acceptors (Lipinski definition) is 1. The highest BCUT2D eigenvalue weighted by atomic mass is 127. The standard InChI is InChI=1S/C7H8FN.HI/c8-7-3-1-6(5-9)2-4-7;/h1-4H,5,9H2;1H. The normalized spacial score (nSPS) is 8.60. The minimum absolute atomic E-state index is 0. The number of benzene rings is 1. The van der Waals surface area contributed by atoms with Gasteiger partial charge in [-0.05, 0) is 17.7 Å². The highest BCUT2D eigenvalue weighted by Gasteiger charge is 1.87. The lowest BCUT2D eigenvalue weighted by Crippen LogP contribution is -1.94. The predicted octanol–water partition coefficient (Wildman–Crippen LogP) is 1.90. The number of nitrogens with two attached hydrogens (primary N) is 1. The van der Waals surface area contributed by atoms with Crippen LogP contribution in [0.2, 0.25) is 0 Å². The number of halogens is 2. The molecule has 0 aliphatic rings. The van der Waals surface area contributed by atoms with Gasteiger partial charge < -0.3 is 5.73 Å². The van der Waals surface area contributed by atoms with Gasteiger partial charge in [-0.2, -0.15) is 0 Å². The molecule has 10 heavy (non-hydrogen) atoms. The fraction of sp³-hybridized carbons (Fsp3) is 0.143. The summed E-state index contributed by atoms with van der Waals surface area (Å²) < 4.78 is 12.2. The summed E-state index contributed by atoms with van der Waals surface area (Å²) >= 11 is 0. The van der Waals surface area contributed by atoms with E-state index >= 15 is 0 Å². The van der Waals surface area contributed by atoms with Gasteiger partial charge >= 0.3 is 0 Å². The Bertz CT molecular complexity index is 185. The van der Waals surface area contributed by atoms with E-state index in [1.54, 1.807) is 12.1 Å². The molecular weight excluding hydrogens is 244 g/mol. The van der Waals surface area contributed by atoms with E-state index < -0.39 is 0 Å². The lowest BCUT2D eigenvalue weighted by molar-refractivity contribution is 0.627. The SMILES string of the molecule is I.NCc1ccc(F)cc1. The molecule has 0 aliphatic heterocycles. The van der Waals surface area contributed by atoms with Crippen molar-refractivity contribution in [3.8, 4) is 0 Å². The second-order valence-electron chi connectivity index (χ2n) is 1.83. The van der Waals surface area contributed by atoms with Gasteiger partial charge in [0.15, 0.2) is 0 Å². The van der Waals surface area contributed by atoms with Crippen molar-refractivity contribution in [3.63, 3.8) is 0 Å². The van der Waals surface area contributed by atoms with Gasteiger partial charge in [0.2, 0.25) is 0 Å². The first-order valence-electron chi connectivity index (χ1n) is 2.77. The van der Waals surface area contributed by atoms with Crippen molar-refractivity contribution in [2.24, 2.45) is 5.73 Å². The van der Waals surface area contributed by atoms with Crippen LogP contribution in [0.4, 0.5) is 4.39 Å². The van der Waals surface area contributed by atoms with Crippen molar-refractivity contribution in [3.05, 3.63) is 35.6 Å². The molecule has 0 heterocycles. The molecule has 0 atom stereocenters. The highest BCUT2D eigenvalue weighted by Crippen LogP contribution is 2.00. The topological polar surface area (TPSA) is 26.0 Å². The van der Waals surface area contributed by atoms with Crippen molar-refractivity contribution in [1.29, 1.82) is 0 Å². The van der Waals surface area contributed by atoms with Crippen LogP contribution in [0.3, 0.4) is 0 Å². The van der Waals surface area contributed by atoms with Crippen molar-refractivity contribution in [2.75, 3.05) is 0 Å². The second-order valence-corrected chi connectivity index (χ2v) is 1.83. The Morgan fingerprint density at radius 1 is 1.20 bits per heavy atom. The summed E-state index contributed by atoms with van der Waals surface area (Å²) in [5.41, 5.74) is 6.23. The third kappa shape index (κ3) is 2.62. The summed E-state index contributed by atoms with van der Waals surface area (Å²) in [6.45, 7) is 0.472. The first-order chi connectivity index (χ1) is 4.33. The van der Waals surface area contributed by atoms with Gasteiger partial charge in [0.05, 0.1) is 0 Å². The van der Waals surface area contributed by atoms with E-state index in [0.29, 0.717) is 6.54 Å². The zero-order valence-corrected chi connectivity index (χ0v) is 7.71. The maximum Gasteiger partial charge on any atom is 0.123 e. The van der Waals surface area contributed by atoms with E-state index in [1.807, 2.05) is 0 Å². The summed E-state index contributed by atoms with van der Waals surface area (Å²) in [7, 11) is 0. The van der Waals surface area contributed by atoms with E-state index in [1.165, 1.54) is 12.1 Å². The maximum atomic E-state index is 12.2. The maximum absolute atomic E-state index is 12.2. The summed E-state index contributed by atoms with van der Waals surface area (Å²) in [4.78, 5) is 0. The fourth-order valence-corrected chi connectivity index (χ4v) is 0.620. The summed E-state index contributed by atoms with van der Waals surface area (Å²) in [6, 6.07) is 6.16. The average molecular weight is 253 g/mol. The fourth-order valence-electron chi connectivity index (χ4n) is 0.620. The molecule has 0 saturated carbocycles.